The Kier molecular flexibility index (Phi) is 2.98. The molecule has 1 saturated carbocycles. The van der Waals surface area contributed by atoms with E-state index < -0.39 is 11.3 Å². The molecule has 1 rings (SSSR count). The number of carbonyl (C=O) groups excluding carboxylic acids is 1. The van der Waals surface area contributed by atoms with Gasteiger partial charge < -0.3 is 5.32 Å². The number of hydrogen-bond acceptors (Lipinski definition) is 2. The normalized spacial score (nSPS) is 19.4. The monoisotopic (exact) mass is 178 g/mol. The highest BCUT2D eigenvalue weighted by molar-refractivity contribution is 7.77. The minimum atomic E-state index is -2.04. The zero-order valence-corrected chi connectivity index (χ0v) is 6.69. The Hall–Kier alpha value is -0.460. The topological polar surface area (TPSA) is 78.4 Å². The molecule has 64 valence electrons. The lowest BCUT2D eigenvalue weighted by atomic mass is 10.4. The first kappa shape index (κ1) is 8.63. The molecule has 0 heterocycles. The lowest BCUT2D eigenvalue weighted by Gasteiger charge is -2.01. The van der Waals surface area contributed by atoms with Crippen molar-refractivity contribution in [3.8, 4) is 0 Å². The van der Waals surface area contributed by atoms with E-state index in [4.69, 9.17) is 4.55 Å². The van der Waals surface area contributed by atoms with Crippen LogP contribution in [0.5, 0.6) is 0 Å². The summed E-state index contributed by atoms with van der Waals surface area (Å²) in [6.07, 6.45) is 1.88. The smallest absolute Gasteiger partial charge is 0.233 e. The third-order valence-corrected chi connectivity index (χ3v) is 1.80. The summed E-state index contributed by atoms with van der Waals surface area (Å²) in [5, 5.41) is 2.47. The summed E-state index contributed by atoms with van der Waals surface area (Å²) in [5.41, 5.74) is 0. The average molecular weight is 178 g/mol. The lowest BCUT2D eigenvalue weighted by molar-refractivity contribution is -0.122. The second-order valence-electron chi connectivity index (χ2n) is 2.39. The molecule has 3 N–H and O–H groups in total. The van der Waals surface area contributed by atoms with Crippen molar-refractivity contribution in [2.45, 2.75) is 12.8 Å². The molecular weight excluding hydrogens is 168 g/mol. The maximum atomic E-state index is 10.9. The van der Waals surface area contributed by atoms with Crippen LogP contribution in [0.4, 0.5) is 0 Å². The first-order valence-corrected chi connectivity index (χ1v) is 4.43. The fourth-order valence-electron chi connectivity index (χ4n) is 0.675. The van der Waals surface area contributed by atoms with E-state index >= 15 is 0 Å². The van der Waals surface area contributed by atoms with Gasteiger partial charge in [0, 0.05) is 5.92 Å². The summed E-state index contributed by atoms with van der Waals surface area (Å²) in [7, 11) is 0. The van der Waals surface area contributed by atoms with Crippen LogP contribution in [0.15, 0.2) is 0 Å². The standard InChI is InChI=1S/C5H10N2O3S/c8-5(4-1-2-4)6-3-7-11(9)10/h4,7H,1-3H2,(H,6,8)(H,9,10). The van der Waals surface area contributed by atoms with E-state index in [2.05, 4.69) is 10.0 Å². The number of rotatable bonds is 4. The van der Waals surface area contributed by atoms with E-state index in [9.17, 15) is 9.00 Å². The molecule has 0 saturated heterocycles. The van der Waals surface area contributed by atoms with Gasteiger partial charge in [-0.2, -0.15) is 4.72 Å². The van der Waals surface area contributed by atoms with Crippen LogP contribution in [0.25, 0.3) is 0 Å². The molecule has 1 fully saturated rings. The second kappa shape index (κ2) is 3.80. The van der Waals surface area contributed by atoms with E-state index in [0.717, 1.165) is 12.8 Å². The van der Waals surface area contributed by atoms with Crippen molar-refractivity contribution < 1.29 is 13.6 Å². The number of amides is 1. The first-order valence-electron chi connectivity index (χ1n) is 3.32. The molecule has 0 aliphatic heterocycles. The Morgan fingerprint density at radius 3 is 2.73 bits per heavy atom. The van der Waals surface area contributed by atoms with Crippen molar-refractivity contribution in [1.29, 1.82) is 0 Å². The van der Waals surface area contributed by atoms with E-state index in [1.165, 1.54) is 0 Å². The highest BCUT2D eigenvalue weighted by Gasteiger charge is 2.28. The number of carbonyl (C=O) groups is 1. The number of hydrogen-bond donors (Lipinski definition) is 3. The largest absolute Gasteiger partial charge is 0.342 e. The van der Waals surface area contributed by atoms with Crippen LogP contribution in [-0.4, -0.2) is 21.3 Å². The minimum Gasteiger partial charge on any atom is -0.342 e. The fourth-order valence-corrected chi connectivity index (χ4v) is 0.870. The summed E-state index contributed by atoms with van der Waals surface area (Å²) in [5.74, 6) is 0.104. The van der Waals surface area contributed by atoms with Crippen LogP contribution in [0.3, 0.4) is 0 Å². The van der Waals surface area contributed by atoms with Gasteiger partial charge in [0.15, 0.2) is 0 Å². The van der Waals surface area contributed by atoms with Crippen LogP contribution in [0, 0.1) is 5.92 Å². The van der Waals surface area contributed by atoms with Gasteiger partial charge >= 0.3 is 0 Å². The highest BCUT2D eigenvalue weighted by Crippen LogP contribution is 2.28. The van der Waals surface area contributed by atoms with Gasteiger partial charge in [0.1, 0.15) is 0 Å². The molecule has 1 atom stereocenters. The maximum Gasteiger partial charge on any atom is 0.233 e. The Bertz CT molecular complexity index is 181. The van der Waals surface area contributed by atoms with Crippen LogP contribution in [0.2, 0.25) is 0 Å². The van der Waals surface area contributed by atoms with Crippen LogP contribution >= 0.6 is 0 Å². The summed E-state index contributed by atoms with van der Waals surface area (Å²) in [6, 6.07) is 0. The van der Waals surface area contributed by atoms with Gasteiger partial charge in [-0.15, -0.1) is 0 Å². The maximum absolute atomic E-state index is 10.9. The molecule has 6 heteroatoms. The predicted octanol–water partition coefficient (Wildman–Crippen LogP) is -0.804. The van der Waals surface area contributed by atoms with Gasteiger partial charge in [0.25, 0.3) is 0 Å². The van der Waals surface area contributed by atoms with Crippen molar-refractivity contribution in [2.24, 2.45) is 5.92 Å². The Morgan fingerprint density at radius 1 is 1.64 bits per heavy atom. The molecule has 0 radical (unpaired) electrons. The summed E-state index contributed by atoms with van der Waals surface area (Å²) >= 11 is -2.04. The SMILES string of the molecule is O=C(NCNS(=O)O)C1CC1. The average Bonchev–Trinajstić information content (AvgIpc) is 2.66. The Balaban J connectivity index is 2.02. The molecule has 1 unspecified atom stereocenters. The molecule has 0 aromatic heterocycles. The molecule has 1 amide bonds. The number of nitrogens with one attached hydrogen (secondary N) is 2. The van der Waals surface area contributed by atoms with E-state index in [1.807, 2.05) is 0 Å². The van der Waals surface area contributed by atoms with Gasteiger partial charge in [-0.25, -0.2) is 4.21 Å². The fraction of sp³-hybridized carbons (Fsp3) is 0.800. The molecule has 0 spiro atoms. The van der Waals surface area contributed by atoms with Gasteiger partial charge in [0.2, 0.25) is 17.2 Å². The molecular formula is C5H10N2O3S. The molecule has 1 aliphatic rings. The van der Waals surface area contributed by atoms with Crippen molar-refractivity contribution in [2.75, 3.05) is 6.67 Å². The minimum absolute atomic E-state index is 0.0389. The van der Waals surface area contributed by atoms with Gasteiger partial charge in [-0.05, 0) is 12.8 Å². The van der Waals surface area contributed by atoms with Crippen molar-refractivity contribution >= 4 is 17.2 Å². The Labute approximate surface area is 67.0 Å². The van der Waals surface area contributed by atoms with Crippen LogP contribution in [0.1, 0.15) is 12.8 Å². The van der Waals surface area contributed by atoms with E-state index in [1.54, 1.807) is 0 Å². The molecule has 11 heavy (non-hydrogen) atoms. The lowest BCUT2D eigenvalue weighted by Crippen LogP contribution is -2.35. The van der Waals surface area contributed by atoms with Gasteiger partial charge in [-0.3, -0.25) is 9.35 Å². The molecule has 5 nitrogen and oxygen atoms in total. The third kappa shape index (κ3) is 3.45. The quantitative estimate of drug-likeness (QED) is 0.389. The summed E-state index contributed by atoms with van der Waals surface area (Å²) < 4.78 is 20.4. The highest BCUT2D eigenvalue weighted by atomic mass is 32.2. The van der Waals surface area contributed by atoms with Crippen molar-refractivity contribution in [3.05, 3.63) is 0 Å². The zero-order chi connectivity index (χ0) is 8.27. The predicted molar refractivity (Wildman–Crippen MR) is 39.6 cm³/mol. The summed E-state index contributed by atoms with van der Waals surface area (Å²) in [6.45, 7) is 0.0540. The van der Waals surface area contributed by atoms with Crippen molar-refractivity contribution in [1.82, 2.24) is 10.0 Å². The third-order valence-electron chi connectivity index (χ3n) is 1.41. The van der Waals surface area contributed by atoms with E-state index in [-0.39, 0.29) is 18.5 Å². The molecule has 1 aliphatic carbocycles. The summed E-state index contributed by atoms with van der Waals surface area (Å²) in [4.78, 5) is 10.9. The van der Waals surface area contributed by atoms with E-state index in [0.29, 0.717) is 0 Å². The molecule has 0 aromatic rings. The van der Waals surface area contributed by atoms with Gasteiger partial charge in [-0.1, -0.05) is 0 Å². The van der Waals surface area contributed by atoms with Crippen molar-refractivity contribution in [3.63, 3.8) is 0 Å². The van der Waals surface area contributed by atoms with Crippen LogP contribution < -0.4 is 10.0 Å². The van der Waals surface area contributed by atoms with Crippen LogP contribution in [-0.2, 0) is 16.1 Å². The second-order valence-corrected chi connectivity index (χ2v) is 3.17. The zero-order valence-electron chi connectivity index (χ0n) is 5.87. The van der Waals surface area contributed by atoms with Gasteiger partial charge in [0.05, 0.1) is 6.67 Å². The molecule has 0 aromatic carbocycles. The Morgan fingerprint density at radius 2 is 2.27 bits per heavy atom. The first-order chi connectivity index (χ1) is 5.20. The molecule has 0 bridgehead atoms.